The van der Waals surface area contributed by atoms with Gasteiger partial charge in [0, 0.05) is 32.6 Å². The molecule has 2 saturated heterocycles. The highest BCUT2D eigenvalue weighted by Crippen LogP contribution is 2.33. The molecule has 156 valence electrons. The fourth-order valence-corrected chi connectivity index (χ4v) is 4.27. The Morgan fingerprint density at radius 2 is 1.90 bits per heavy atom. The van der Waals surface area contributed by atoms with Gasteiger partial charge in [0.05, 0.1) is 17.0 Å². The van der Waals surface area contributed by atoms with E-state index < -0.39 is 12.0 Å². The second kappa shape index (κ2) is 7.68. The van der Waals surface area contributed by atoms with Crippen LogP contribution in [0.3, 0.4) is 0 Å². The first-order chi connectivity index (χ1) is 13.8. The maximum absolute atomic E-state index is 13.5. The Morgan fingerprint density at radius 3 is 2.55 bits per heavy atom. The molecule has 1 aromatic carbocycles. The minimum atomic E-state index is -4.51. The van der Waals surface area contributed by atoms with E-state index in [4.69, 9.17) is 0 Å². The first-order valence-corrected chi connectivity index (χ1v) is 9.91. The predicted octanol–water partition coefficient (Wildman–Crippen LogP) is 2.82. The van der Waals surface area contributed by atoms with Gasteiger partial charge in [0.2, 0.25) is 17.6 Å². The maximum atomic E-state index is 13.5. The Balaban J connectivity index is 1.42. The molecule has 0 spiro atoms. The zero-order valence-electron chi connectivity index (χ0n) is 15.9. The van der Waals surface area contributed by atoms with Gasteiger partial charge in [-0.3, -0.25) is 9.59 Å². The number of halogens is 3. The van der Waals surface area contributed by atoms with Gasteiger partial charge in [-0.15, -0.1) is 0 Å². The summed E-state index contributed by atoms with van der Waals surface area (Å²) in [5.41, 5.74) is 0.822. The lowest BCUT2D eigenvalue weighted by atomic mass is 9.93. The van der Waals surface area contributed by atoms with Crippen molar-refractivity contribution in [3.8, 4) is 0 Å². The Kier molecular flexibility index (Phi) is 5.23. The number of amides is 2. The summed E-state index contributed by atoms with van der Waals surface area (Å²) in [7, 11) is 0. The van der Waals surface area contributed by atoms with E-state index in [-0.39, 0.29) is 30.2 Å². The van der Waals surface area contributed by atoms with Gasteiger partial charge in [-0.25, -0.2) is 4.98 Å². The molecule has 2 amide bonds. The normalized spacial score (nSPS) is 21.4. The molecule has 1 N–H and O–H groups in total. The molecule has 1 unspecified atom stereocenters. The van der Waals surface area contributed by atoms with E-state index in [2.05, 4.69) is 10.3 Å². The zero-order valence-corrected chi connectivity index (χ0v) is 15.9. The average Bonchev–Trinajstić information content (AvgIpc) is 3.08. The number of rotatable bonds is 3. The van der Waals surface area contributed by atoms with Gasteiger partial charge in [0.15, 0.2) is 0 Å². The van der Waals surface area contributed by atoms with E-state index in [1.54, 1.807) is 29.2 Å². The van der Waals surface area contributed by atoms with E-state index in [0.29, 0.717) is 56.4 Å². The van der Waals surface area contributed by atoms with Crippen molar-refractivity contribution in [3.05, 3.63) is 30.1 Å². The van der Waals surface area contributed by atoms with Crippen molar-refractivity contribution in [2.45, 2.75) is 38.4 Å². The van der Waals surface area contributed by atoms with Crippen LogP contribution in [0.4, 0.5) is 13.2 Å². The van der Waals surface area contributed by atoms with Crippen LogP contribution in [0, 0.1) is 11.8 Å². The Morgan fingerprint density at radius 1 is 1.17 bits per heavy atom. The van der Waals surface area contributed by atoms with Crippen LogP contribution in [0.2, 0.25) is 0 Å². The van der Waals surface area contributed by atoms with Gasteiger partial charge < -0.3 is 14.8 Å². The van der Waals surface area contributed by atoms with E-state index in [1.807, 2.05) is 0 Å². The minimum Gasteiger partial charge on any atom is -0.355 e. The first kappa shape index (κ1) is 19.7. The van der Waals surface area contributed by atoms with Crippen molar-refractivity contribution in [3.63, 3.8) is 0 Å². The maximum Gasteiger partial charge on any atom is 0.449 e. The number of alkyl halides is 3. The van der Waals surface area contributed by atoms with Gasteiger partial charge in [-0.2, -0.15) is 13.2 Å². The van der Waals surface area contributed by atoms with E-state index in [9.17, 15) is 22.8 Å². The third kappa shape index (κ3) is 4.09. The quantitative estimate of drug-likeness (QED) is 0.849. The van der Waals surface area contributed by atoms with Crippen LogP contribution in [0.5, 0.6) is 0 Å². The molecule has 2 aliphatic rings. The molecule has 0 saturated carbocycles. The number of benzene rings is 1. The lowest BCUT2D eigenvalue weighted by Crippen LogP contribution is -2.47. The Bertz CT molecular complexity index is 906. The van der Waals surface area contributed by atoms with E-state index in [1.165, 1.54) is 4.57 Å². The monoisotopic (exact) mass is 408 g/mol. The fraction of sp³-hybridized carbons (Fsp3) is 0.550. The molecule has 1 aromatic heterocycles. The van der Waals surface area contributed by atoms with Crippen LogP contribution in [0.25, 0.3) is 11.0 Å². The number of nitrogens with one attached hydrogen (secondary N) is 1. The molecule has 0 bridgehead atoms. The van der Waals surface area contributed by atoms with Crippen LogP contribution < -0.4 is 5.32 Å². The van der Waals surface area contributed by atoms with Crippen LogP contribution >= 0.6 is 0 Å². The summed E-state index contributed by atoms with van der Waals surface area (Å²) in [4.78, 5) is 29.5. The van der Waals surface area contributed by atoms with Crippen molar-refractivity contribution in [1.82, 2.24) is 19.8 Å². The lowest BCUT2D eigenvalue weighted by molar-refractivity contribution is -0.147. The van der Waals surface area contributed by atoms with Crippen molar-refractivity contribution >= 4 is 22.8 Å². The average molecular weight is 408 g/mol. The largest absolute Gasteiger partial charge is 0.449 e. The molecule has 1 atom stereocenters. The van der Waals surface area contributed by atoms with Crippen molar-refractivity contribution in [2.75, 3.05) is 19.6 Å². The van der Waals surface area contributed by atoms with Crippen LogP contribution in [-0.2, 0) is 22.3 Å². The minimum absolute atomic E-state index is 0.0271. The summed E-state index contributed by atoms with van der Waals surface area (Å²) < 4.78 is 41.7. The molecule has 2 aromatic rings. The highest BCUT2D eigenvalue weighted by atomic mass is 19.4. The van der Waals surface area contributed by atoms with Gasteiger partial charge >= 0.3 is 6.18 Å². The van der Waals surface area contributed by atoms with E-state index >= 15 is 0 Å². The second-order valence-electron chi connectivity index (χ2n) is 7.84. The van der Waals surface area contributed by atoms with Gasteiger partial charge in [-0.1, -0.05) is 12.1 Å². The molecular formula is C20H23F3N4O2. The van der Waals surface area contributed by atoms with Gasteiger partial charge in [-0.05, 0) is 37.3 Å². The molecule has 2 aliphatic heterocycles. The topological polar surface area (TPSA) is 67.2 Å². The molecule has 29 heavy (non-hydrogen) atoms. The highest BCUT2D eigenvalue weighted by molar-refractivity contribution is 5.83. The van der Waals surface area contributed by atoms with Crippen LogP contribution in [0.15, 0.2) is 24.3 Å². The first-order valence-electron chi connectivity index (χ1n) is 9.91. The Labute approximate surface area is 166 Å². The zero-order chi connectivity index (χ0) is 20.6. The number of hydrogen-bond donors (Lipinski definition) is 1. The van der Waals surface area contributed by atoms with Crippen LogP contribution in [0.1, 0.15) is 31.5 Å². The summed E-state index contributed by atoms with van der Waals surface area (Å²) in [6.45, 7) is 1.66. The highest BCUT2D eigenvalue weighted by Gasteiger charge is 2.38. The molecule has 3 heterocycles. The molecule has 0 aliphatic carbocycles. The standard InChI is InChI=1S/C20H23F3N4O2/c21-20(22,23)19-25-15-3-1-2-4-16(15)27(19)12-13-7-9-26(10-8-13)18(29)14-5-6-17(28)24-11-14/h1-4,13-14H,5-12H2,(H,24,28). The molecule has 9 heteroatoms. The summed E-state index contributed by atoms with van der Waals surface area (Å²) in [6, 6.07) is 6.64. The van der Waals surface area contributed by atoms with Gasteiger partial charge in [0.25, 0.3) is 0 Å². The van der Waals surface area contributed by atoms with Crippen molar-refractivity contribution in [1.29, 1.82) is 0 Å². The number of nitrogens with zero attached hydrogens (tertiary/aromatic N) is 3. The number of imidazole rings is 1. The molecular weight excluding hydrogens is 385 g/mol. The molecule has 2 fully saturated rings. The van der Waals surface area contributed by atoms with E-state index in [0.717, 1.165) is 0 Å². The molecule has 6 nitrogen and oxygen atoms in total. The number of hydrogen-bond acceptors (Lipinski definition) is 3. The summed E-state index contributed by atoms with van der Waals surface area (Å²) in [6.07, 6.45) is -2.30. The number of aromatic nitrogens is 2. The summed E-state index contributed by atoms with van der Waals surface area (Å²) in [5.74, 6) is -1.01. The third-order valence-corrected chi connectivity index (χ3v) is 5.89. The van der Waals surface area contributed by atoms with Gasteiger partial charge in [0.1, 0.15) is 0 Å². The van der Waals surface area contributed by atoms with Crippen molar-refractivity contribution < 1.29 is 22.8 Å². The number of carbonyl (C=O) groups is 2. The van der Waals surface area contributed by atoms with Crippen molar-refractivity contribution in [2.24, 2.45) is 11.8 Å². The summed E-state index contributed by atoms with van der Waals surface area (Å²) in [5, 5.41) is 2.72. The number of piperidine rings is 2. The predicted molar refractivity (Wildman–Crippen MR) is 99.8 cm³/mol. The Hall–Kier alpha value is -2.58. The molecule has 4 rings (SSSR count). The number of para-hydroxylation sites is 2. The second-order valence-corrected chi connectivity index (χ2v) is 7.84. The number of fused-ring (bicyclic) bond motifs is 1. The molecule has 0 radical (unpaired) electrons. The lowest BCUT2D eigenvalue weighted by Gasteiger charge is -2.35. The number of likely N-dealkylation sites (tertiary alicyclic amines) is 1. The smallest absolute Gasteiger partial charge is 0.355 e. The number of carbonyl (C=O) groups excluding carboxylic acids is 2. The summed E-state index contributed by atoms with van der Waals surface area (Å²) >= 11 is 0. The fourth-order valence-electron chi connectivity index (χ4n) is 4.27. The third-order valence-electron chi connectivity index (χ3n) is 5.89. The SMILES string of the molecule is O=C1CCC(C(=O)N2CCC(Cn3c(C(F)(F)F)nc4ccccc43)CC2)CN1. The van der Waals surface area contributed by atoms with Crippen LogP contribution in [-0.4, -0.2) is 45.9 Å².